The third kappa shape index (κ3) is 1.51. The summed E-state index contributed by atoms with van der Waals surface area (Å²) in [5.41, 5.74) is 5.90. The Morgan fingerprint density at radius 2 is 2.36 bits per heavy atom. The normalized spacial score (nSPS) is 13.1. The van der Waals surface area contributed by atoms with Gasteiger partial charge in [0.25, 0.3) is 0 Å². The number of hydrogen-bond acceptors (Lipinski definition) is 4. The van der Waals surface area contributed by atoms with Crippen LogP contribution in [-0.2, 0) is 7.05 Å². The molecular weight excluding hydrogens is 204 g/mol. The zero-order chi connectivity index (χ0) is 10.1. The molecule has 0 saturated heterocycles. The van der Waals surface area contributed by atoms with Gasteiger partial charge in [0.1, 0.15) is 18.1 Å². The standard InChI is InChI=1S/C8H9ClN4O/c1-13-4-11-12-8(13)7(10)5-2-3-6(9)14-5/h2-4,7H,10H2,1H3. The van der Waals surface area contributed by atoms with Gasteiger partial charge in [0.15, 0.2) is 11.0 Å². The maximum absolute atomic E-state index is 5.90. The molecule has 74 valence electrons. The highest BCUT2D eigenvalue weighted by Gasteiger charge is 2.17. The lowest BCUT2D eigenvalue weighted by atomic mass is 10.2. The number of hydrogen-bond donors (Lipinski definition) is 1. The van der Waals surface area contributed by atoms with Crippen LogP contribution in [0.15, 0.2) is 22.9 Å². The van der Waals surface area contributed by atoms with E-state index in [-0.39, 0.29) is 0 Å². The minimum atomic E-state index is -0.435. The van der Waals surface area contributed by atoms with E-state index >= 15 is 0 Å². The van der Waals surface area contributed by atoms with E-state index in [1.54, 1.807) is 23.0 Å². The molecule has 0 amide bonds. The molecule has 0 aliphatic rings. The Balaban J connectivity index is 2.33. The van der Waals surface area contributed by atoms with Crippen molar-refractivity contribution < 1.29 is 4.42 Å². The highest BCUT2D eigenvalue weighted by Crippen LogP contribution is 2.21. The van der Waals surface area contributed by atoms with Gasteiger partial charge in [-0.25, -0.2) is 0 Å². The van der Waals surface area contributed by atoms with Crippen LogP contribution in [0.4, 0.5) is 0 Å². The first-order valence-electron chi connectivity index (χ1n) is 4.03. The SMILES string of the molecule is Cn1cnnc1C(N)c1ccc(Cl)o1. The van der Waals surface area contributed by atoms with Gasteiger partial charge in [-0.3, -0.25) is 0 Å². The van der Waals surface area contributed by atoms with Crippen LogP contribution >= 0.6 is 11.6 Å². The van der Waals surface area contributed by atoms with E-state index in [0.717, 1.165) is 0 Å². The zero-order valence-electron chi connectivity index (χ0n) is 7.51. The van der Waals surface area contributed by atoms with Crippen molar-refractivity contribution in [3.63, 3.8) is 0 Å². The fourth-order valence-electron chi connectivity index (χ4n) is 1.20. The smallest absolute Gasteiger partial charge is 0.193 e. The molecular formula is C8H9ClN4O. The van der Waals surface area contributed by atoms with Crippen LogP contribution in [0.25, 0.3) is 0 Å². The van der Waals surface area contributed by atoms with Gasteiger partial charge in [0.2, 0.25) is 0 Å². The van der Waals surface area contributed by atoms with Gasteiger partial charge in [0, 0.05) is 7.05 Å². The zero-order valence-corrected chi connectivity index (χ0v) is 8.27. The summed E-state index contributed by atoms with van der Waals surface area (Å²) in [4.78, 5) is 0. The predicted molar refractivity (Wildman–Crippen MR) is 50.8 cm³/mol. The maximum atomic E-state index is 5.90. The van der Waals surface area contributed by atoms with Crippen LogP contribution in [0.3, 0.4) is 0 Å². The Labute approximate surface area is 85.5 Å². The highest BCUT2D eigenvalue weighted by molar-refractivity contribution is 6.28. The fraction of sp³-hybridized carbons (Fsp3) is 0.250. The molecule has 2 aromatic rings. The monoisotopic (exact) mass is 212 g/mol. The van der Waals surface area contributed by atoms with Crippen molar-refractivity contribution in [3.8, 4) is 0 Å². The first kappa shape index (κ1) is 9.23. The van der Waals surface area contributed by atoms with Gasteiger partial charge < -0.3 is 14.7 Å². The molecule has 14 heavy (non-hydrogen) atoms. The van der Waals surface area contributed by atoms with Crippen LogP contribution in [0.2, 0.25) is 5.22 Å². The highest BCUT2D eigenvalue weighted by atomic mass is 35.5. The molecule has 0 spiro atoms. The lowest BCUT2D eigenvalue weighted by molar-refractivity contribution is 0.479. The minimum absolute atomic E-state index is 0.317. The third-order valence-corrected chi connectivity index (χ3v) is 2.13. The van der Waals surface area contributed by atoms with Crippen molar-refractivity contribution in [2.24, 2.45) is 12.8 Å². The van der Waals surface area contributed by atoms with Crippen molar-refractivity contribution in [2.75, 3.05) is 0 Å². The van der Waals surface area contributed by atoms with E-state index in [1.165, 1.54) is 0 Å². The molecule has 0 radical (unpaired) electrons. The Morgan fingerprint density at radius 3 is 2.86 bits per heavy atom. The van der Waals surface area contributed by atoms with Gasteiger partial charge in [-0.2, -0.15) is 0 Å². The largest absolute Gasteiger partial charge is 0.448 e. The lowest BCUT2D eigenvalue weighted by Crippen LogP contribution is -2.15. The fourth-order valence-corrected chi connectivity index (χ4v) is 1.35. The van der Waals surface area contributed by atoms with Gasteiger partial charge in [-0.15, -0.1) is 10.2 Å². The molecule has 0 aromatic carbocycles. The maximum Gasteiger partial charge on any atom is 0.193 e. The molecule has 5 nitrogen and oxygen atoms in total. The molecule has 2 N–H and O–H groups in total. The van der Waals surface area contributed by atoms with Crippen molar-refractivity contribution in [3.05, 3.63) is 35.3 Å². The van der Waals surface area contributed by atoms with Crippen molar-refractivity contribution >= 4 is 11.6 Å². The molecule has 2 rings (SSSR count). The molecule has 6 heteroatoms. The summed E-state index contributed by atoms with van der Waals surface area (Å²) in [6, 6.07) is 2.93. The van der Waals surface area contributed by atoms with Crippen molar-refractivity contribution in [2.45, 2.75) is 6.04 Å². The Morgan fingerprint density at radius 1 is 1.57 bits per heavy atom. The molecule has 2 aromatic heterocycles. The Bertz CT molecular complexity index is 436. The van der Waals surface area contributed by atoms with Gasteiger partial charge in [0.05, 0.1) is 0 Å². The van der Waals surface area contributed by atoms with E-state index in [9.17, 15) is 0 Å². The van der Waals surface area contributed by atoms with E-state index in [1.807, 2.05) is 7.05 Å². The average molecular weight is 213 g/mol. The molecule has 0 saturated carbocycles. The minimum Gasteiger partial charge on any atom is -0.448 e. The van der Waals surface area contributed by atoms with E-state index < -0.39 is 6.04 Å². The van der Waals surface area contributed by atoms with Crippen molar-refractivity contribution in [1.82, 2.24) is 14.8 Å². The predicted octanol–water partition coefficient (Wildman–Crippen LogP) is 1.11. The summed E-state index contributed by atoms with van der Waals surface area (Å²) >= 11 is 5.64. The van der Waals surface area contributed by atoms with Gasteiger partial charge in [-0.05, 0) is 23.7 Å². The molecule has 1 atom stereocenters. The van der Waals surface area contributed by atoms with Crippen LogP contribution in [0.1, 0.15) is 17.6 Å². The van der Waals surface area contributed by atoms with Crippen LogP contribution in [0, 0.1) is 0 Å². The summed E-state index contributed by atoms with van der Waals surface area (Å²) in [7, 11) is 1.82. The second kappa shape index (κ2) is 3.43. The van der Waals surface area contributed by atoms with E-state index in [4.69, 9.17) is 21.8 Å². The van der Waals surface area contributed by atoms with Crippen LogP contribution in [-0.4, -0.2) is 14.8 Å². The quantitative estimate of drug-likeness (QED) is 0.810. The van der Waals surface area contributed by atoms with Gasteiger partial charge >= 0.3 is 0 Å². The summed E-state index contributed by atoms with van der Waals surface area (Å²) in [6.45, 7) is 0. The van der Waals surface area contributed by atoms with Crippen LogP contribution in [0.5, 0.6) is 0 Å². The Hall–Kier alpha value is -1.33. The number of aryl methyl sites for hydroxylation is 1. The average Bonchev–Trinajstić information content (AvgIpc) is 2.73. The topological polar surface area (TPSA) is 69.9 Å². The number of aromatic nitrogens is 3. The number of halogens is 1. The summed E-state index contributed by atoms with van der Waals surface area (Å²) in [6.07, 6.45) is 1.58. The molecule has 1 unspecified atom stereocenters. The summed E-state index contributed by atoms with van der Waals surface area (Å²) < 4.78 is 6.92. The molecule has 2 heterocycles. The second-order valence-corrected chi connectivity index (χ2v) is 3.29. The van der Waals surface area contributed by atoms with Crippen LogP contribution < -0.4 is 5.73 Å². The summed E-state index contributed by atoms with van der Waals surface area (Å²) in [5.74, 6) is 1.21. The Kier molecular flexibility index (Phi) is 2.26. The summed E-state index contributed by atoms with van der Waals surface area (Å²) in [5, 5.41) is 7.94. The molecule has 0 bridgehead atoms. The molecule has 0 fully saturated rings. The lowest BCUT2D eigenvalue weighted by Gasteiger charge is -2.06. The molecule has 0 aliphatic carbocycles. The number of nitrogens with two attached hydrogens (primary N) is 1. The molecule has 0 aliphatic heterocycles. The second-order valence-electron chi connectivity index (χ2n) is 2.92. The van der Waals surface area contributed by atoms with Crippen molar-refractivity contribution in [1.29, 1.82) is 0 Å². The third-order valence-electron chi connectivity index (χ3n) is 1.93. The van der Waals surface area contributed by atoms with Gasteiger partial charge in [-0.1, -0.05) is 0 Å². The first-order chi connectivity index (χ1) is 6.68. The van der Waals surface area contributed by atoms with E-state index in [0.29, 0.717) is 16.8 Å². The number of nitrogens with zero attached hydrogens (tertiary/aromatic N) is 3. The number of furan rings is 1. The first-order valence-corrected chi connectivity index (χ1v) is 4.41. The van der Waals surface area contributed by atoms with E-state index in [2.05, 4.69) is 10.2 Å². The number of rotatable bonds is 2.